The first-order chi connectivity index (χ1) is 18.4. The number of carbonyl (C=O) groups excluding carboxylic acids is 3. The van der Waals surface area contributed by atoms with E-state index < -0.39 is 23.8 Å². The molecule has 3 aromatic rings. The summed E-state index contributed by atoms with van der Waals surface area (Å²) in [5.74, 6) is -0.0582. The topological polar surface area (TPSA) is 87.7 Å². The van der Waals surface area contributed by atoms with Gasteiger partial charge in [-0.3, -0.25) is 9.59 Å². The lowest BCUT2D eigenvalue weighted by atomic mass is 9.98. The summed E-state index contributed by atoms with van der Waals surface area (Å²) in [6, 6.07) is 17.7. The summed E-state index contributed by atoms with van der Waals surface area (Å²) >= 11 is 1.57. The van der Waals surface area contributed by atoms with Crippen LogP contribution in [0.5, 0.6) is 0 Å². The Morgan fingerprint density at radius 2 is 1.59 bits per heavy atom. The molecule has 7 nitrogen and oxygen atoms in total. The number of fused-ring (bicyclic) bond motifs is 1. The first-order valence-corrected chi connectivity index (χ1v) is 14.4. The van der Waals surface area contributed by atoms with Crippen molar-refractivity contribution in [3.8, 4) is 0 Å². The fourth-order valence-electron chi connectivity index (χ4n) is 4.51. The average molecular weight is 550 g/mol. The molecule has 2 unspecified atom stereocenters. The molecule has 2 N–H and O–H groups in total. The predicted molar refractivity (Wildman–Crippen MR) is 160 cm³/mol. The largest absolute Gasteiger partial charge is 0.444 e. The molecule has 3 aromatic carbocycles. The number of hydrogen-bond acceptors (Lipinski definition) is 5. The van der Waals surface area contributed by atoms with Gasteiger partial charge in [-0.25, -0.2) is 4.79 Å². The minimum absolute atomic E-state index is 0.341. The minimum Gasteiger partial charge on any atom is -0.444 e. The van der Waals surface area contributed by atoms with Gasteiger partial charge in [0, 0.05) is 12.7 Å². The Hall–Kier alpha value is -3.52. The van der Waals surface area contributed by atoms with Gasteiger partial charge < -0.3 is 20.3 Å². The molecule has 2 atom stereocenters. The number of carbonyl (C=O) groups is 3. The highest BCUT2D eigenvalue weighted by Crippen LogP contribution is 2.27. The van der Waals surface area contributed by atoms with Crippen LogP contribution in [0.2, 0.25) is 0 Å². The number of hydrogen-bond donors (Lipinski definition) is 2. The first kappa shape index (κ1) is 30.0. The Balaban J connectivity index is 1.94. The number of likely N-dealkylation sites (N-methyl/N-ethyl adjacent to an activating group) is 1. The highest BCUT2D eigenvalue weighted by molar-refractivity contribution is 7.98. The molecule has 0 aliphatic carbocycles. The molecule has 0 saturated heterocycles. The molecule has 0 radical (unpaired) electrons. The normalized spacial score (nSPS) is 12.9. The van der Waals surface area contributed by atoms with E-state index in [0.29, 0.717) is 23.4 Å². The molecule has 0 bridgehead atoms. The van der Waals surface area contributed by atoms with Gasteiger partial charge in [-0.15, -0.1) is 0 Å². The van der Waals surface area contributed by atoms with Crippen molar-refractivity contribution in [3.05, 3.63) is 77.4 Å². The van der Waals surface area contributed by atoms with Crippen LogP contribution in [-0.4, -0.2) is 53.5 Å². The van der Waals surface area contributed by atoms with Crippen molar-refractivity contribution in [1.29, 1.82) is 0 Å². The zero-order valence-electron chi connectivity index (χ0n) is 23.8. The first-order valence-electron chi connectivity index (χ1n) is 13.0. The number of aryl methyl sites for hydroxylation is 2. The summed E-state index contributed by atoms with van der Waals surface area (Å²) in [4.78, 5) is 41.7. The number of alkyl carbamates (subject to hydrolysis) is 1. The second kappa shape index (κ2) is 13.0. The maximum atomic E-state index is 13.8. The van der Waals surface area contributed by atoms with E-state index in [9.17, 15) is 14.4 Å². The molecule has 0 saturated carbocycles. The van der Waals surface area contributed by atoms with Crippen molar-refractivity contribution in [2.45, 2.75) is 58.7 Å². The van der Waals surface area contributed by atoms with E-state index in [2.05, 4.69) is 10.6 Å². The van der Waals surface area contributed by atoms with E-state index in [1.165, 1.54) is 4.90 Å². The lowest BCUT2D eigenvalue weighted by molar-refractivity contribution is -0.139. The Labute approximate surface area is 235 Å². The third kappa shape index (κ3) is 8.48. The van der Waals surface area contributed by atoms with E-state index in [4.69, 9.17) is 4.74 Å². The highest BCUT2D eigenvalue weighted by atomic mass is 32.2. The van der Waals surface area contributed by atoms with Crippen molar-refractivity contribution in [2.75, 3.05) is 24.4 Å². The van der Waals surface area contributed by atoms with Crippen molar-refractivity contribution >= 4 is 46.1 Å². The van der Waals surface area contributed by atoms with Gasteiger partial charge in [0.25, 0.3) is 5.91 Å². The molecule has 208 valence electrons. The molecule has 39 heavy (non-hydrogen) atoms. The molecule has 3 amide bonds. The van der Waals surface area contributed by atoms with E-state index in [1.807, 2.05) is 80.8 Å². The molecule has 3 rings (SSSR count). The van der Waals surface area contributed by atoms with Crippen LogP contribution in [-0.2, 0) is 14.3 Å². The smallest absolute Gasteiger partial charge is 0.408 e. The number of nitrogens with one attached hydrogen (secondary N) is 2. The van der Waals surface area contributed by atoms with Gasteiger partial charge in [0.1, 0.15) is 17.7 Å². The molecular formula is C31H39N3O4S. The fraction of sp³-hybridized carbons (Fsp3) is 0.387. The SMILES string of the molecule is CSCCC(NC(=O)OC(C)(C)C)C(=O)N(C)C(C(=O)Nc1ccc2ccccc2c1)c1cc(C)cc(C)c1. The number of benzene rings is 3. The highest BCUT2D eigenvalue weighted by Gasteiger charge is 2.34. The maximum Gasteiger partial charge on any atom is 0.408 e. The van der Waals surface area contributed by atoms with Gasteiger partial charge in [0.2, 0.25) is 5.91 Å². The number of rotatable bonds is 9. The molecule has 0 aromatic heterocycles. The quantitative estimate of drug-likeness (QED) is 0.330. The van der Waals surface area contributed by atoms with Crippen molar-refractivity contribution in [1.82, 2.24) is 10.2 Å². The molecule has 0 aliphatic heterocycles. The van der Waals surface area contributed by atoms with Gasteiger partial charge in [-0.05, 0) is 81.5 Å². The second-order valence-electron chi connectivity index (χ2n) is 10.8. The molecule has 0 spiro atoms. The number of thioether (sulfide) groups is 1. The summed E-state index contributed by atoms with van der Waals surface area (Å²) in [6.07, 6.45) is 1.67. The summed E-state index contributed by atoms with van der Waals surface area (Å²) < 4.78 is 5.41. The Morgan fingerprint density at radius 1 is 0.949 bits per heavy atom. The zero-order chi connectivity index (χ0) is 28.7. The van der Waals surface area contributed by atoms with Crippen molar-refractivity contribution in [3.63, 3.8) is 0 Å². The van der Waals surface area contributed by atoms with Crippen LogP contribution in [0.3, 0.4) is 0 Å². The third-order valence-electron chi connectivity index (χ3n) is 6.16. The number of ether oxygens (including phenoxy) is 1. The van der Waals surface area contributed by atoms with E-state index in [1.54, 1.807) is 39.6 Å². The summed E-state index contributed by atoms with van der Waals surface area (Å²) in [5, 5.41) is 7.81. The van der Waals surface area contributed by atoms with E-state index in [0.717, 1.165) is 21.9 Å². The van der Waals surface area contributed by atoms with Crippen LogP contribution in [0.25, 0.3) is 10.8 Å². The molecule has 0 heterocycles. The minimum atomic E-state index is -0.917. The Kier molecular flexibility index (Phi) is 10.0. The molecule has 0 fully saturated rings. The monoisotopic (exact) mass is 549 g/mol. The van der Waals surface area contributed by atoms with Crippen LogP contribution in [0, 0.1) is 13.8 Å². The Morgan fingerprint density at radius 3 is 2.21 bits per heavy atom. The van der Waals surface area contributed by atoms with Crippen molar-refractivity contribution < 1.29 is 19.1 Å². The van der Waals surface area contributed by atoms with Gasteiger partial charge in [-0.2, -0.15) is 11.8 Å². The lowest BCUT2D eigenvalue weighted by Crippen LogP contribution is -2.51. The van der Waals surface area contributed by atoms with Gasteiger partial charge >= 0.3 is 6.09 Å². The number of amides is 3. The number of nitrogens with zero attached hydrogens (tertiary/aromatic N) is 1. The van der Waals surface area contributed by atoms with Crippen LogP contribution in [0.15, 0.2) is 60.7 Å². The molecule has 0 aliphatic rings. The standard InChI is InChI=1S/C31H39N3O4S/c1-20-16-21(2)18-24(17-20)27(28(35)32-25-13-12-22-10-8-9-11-23(22)19-25)34(6)29(36)26(14-15-39-7)33-30(37)38-31(3,4)5/h8-13,16-19,26-27H,14-15H2,1-7H3,(H,32,35)(H,33,37). The van der Waals surface area contributed by atoms with Crippen molar-refractivity contribution in [2.24, 2.45) is 0 Å². The zero-order valence-corrected chi connectivity index (χ0v) is 24.6. The Bertz CT molecular complexity index is 1310. The van der Waals surface area contributed by atoms with Gasteiger partial charge in [0.15, 0.2) is 0 Å². The van der Waals surface area contributed by atoms with Crippen LogP contribution >= 0.6 is 11.8 Å². The predicted octanol–water partition coefficient (Wildman–Crippen LogP) is 6.24. The van der Waals surface area contributed by atoms with Crippen LogP contribution < -0.4 is 10.6 Å². The lowest BCUT2D eigenvalue weighted by Gasteiger charge is -2.32. The molecule has 8 heteroatoms. The van der Waals surface area contributed by atoms with E-state index >= 15 is 0 Å². The second-order valence-corrected chi connectivity index (χ2v) is 11.8. The maximum absolute atomic E-state index is 13.8. The van der Waals surface area contributed by atoms with Crippen LogP contribution in [0.4, 0.5) is 10.5 Å². The van der Waals surface area contributed by atoms with Gasteiger partial charge in [0.05, 0.1) is 0 Å². The van der Waals surface area contributed by atoms with E-state index in [-0.39, 0.29) is 11.8 Å². The molecular weight excluding hydrogens is 510 g/mol. The summed E-state index contributed by atoms with van der Waals surface area (Å²) in [7, 11) is 1.60. The fourth-order valence-corrected chi connectivity index (χ4v) is 4.98. The summed E-state index contributed by atoms with van der Waals surface area (Å²) in [5.41, 5.74) is 2.60. The average Bonchev–Trinajstić information content (AvgIpc) is 2.84. The summed E-state index contributed by atoms with van der Waals surface area (Å²) in [6.45, 7) is 9.23. The third-order valence-corrected chi connectivity index (χ3v) is 6.80. The number of anilines is 1. The van der Waals surface area contributed by atoms with Gasteiger partial charge in [-0.1, -0.05) is 59.7 Å². The van der Waals surface area contributed by atoms with Crippen LogP contribution in [0.1, 0.15) is 49.9 Å².